The fourth-order valence-electron chi connectivity index (χ4n) is 2.31. The van der Waals surface area contributed by atoms with E-state index < -0.39 is 0 Å². The quantitative estimate of drug-likeness (QED) is 0.564. The summed E-state index contributed by atoms with van der Waals surface area (Å²) in [7, 11) is 0. The highest BCUT2D eigenvalue weighted by molar-refractivity contribution is 9.10. The Hall–Kier alpha value is -0.520. The van der Waals surface area contributed by atoms with Gasteiger partial charge in [-0.2, -0.15) is 0 Å². The summed E-state index contributed by atoms with van der Waals surface area (Å²) in [4.78, 5) is 13.2. The molecule has 1 aromatic rings. The predicted octanol–water partition coefficient (Wildman–Crippen LogP) is 4.33. The van der Waals surface area contributed by atoms with Gasteiger partial charge in [-0.3, -0.25) is 4.79 Å². The molecule has 0 saturated heterocycles. The zero-order chi connectivity index (χ0) is 14.5. The third-order valence-corrected chi connectivity index (χ3v) is 5.41. The van der Waals surface area contributed by atoms with E-state index in [1.54, 1.807) is 0 Å². The van der Waals surface area contributed by atoms with Gasteiger partial charge in [-0.1, -0.05) is 26.7 Å². The molecular formula is C15H21BrN2OS. The number of hydrogen-bond acceptors (Lipinski definition) is 3. The van der Waals surface area contributed by atoms with Crippen molar-refractivity contribution in [2.75, 3.05) is 17.6 Å². The number of amides is 1. The molecule has 0 bridgehead atoms. The number of benzene rings is 1. The van der Waals surface area contributed by atoms with Crippen LogP contribution in [0.25, 0.3) is 0 Å². The molecule has 1 amide bonds. The summed E-state index contributed by atoms with van der Waals surface area (Å²) in [6.45, 7) is 5.01. The molecule has 2 N–H and O–H groups in total. The lowest BCUT2D eigenvalue weighted by Crippen LogP contribution is -2.27. The SMILES string of the molecule is CCCCCSc1cc2c(cc1Br)C(NCC)C(=O)N2. The molecule has 0 spiro atoms. The molecule has 20 heavy (non-hydrogen) atoms. The lowest BCUT2D eigenvalue weighted by Gasteiger charge is -2.11. The summed E-state index contributed by atoms with van der Waals surface area (Å²) in [5, 5.41) is 6.18. The third-order valence-electron chi connectivity index (χ3n) is 3.35. The maximum atomic E-state index is 11.9. The van der Waals surface area contributed by atoms with E-state index in [1.807, 2.05) is 18.7 Å². The normalized spacial score (nSPS) is 17.1. The molecule has 1 atom stereocenters. The number of rotatable bonds is 7. The lowest BCUT2D eigenvalue weighted by atomic mass is 10.1. The lowest BCUT2D eigenvalue weighted by molar-refractivity contribution is -0.117. The average Bonchev–Trinajstić information content (AvgIpc) is 2.71. The monoisotopic (exact) mass is 356 g/mol. The van der Waals surface area contributed by atoms with Gasteiger partial charge in [-0.25, -0.2) is 0 Å². The number of likely N-dealkylation sites (N-methyl/N-ethyl adjacent to an activating group) is 1. The summed E-state index contributed by atoms with van der Waals surface area (Å²) in [5.41, 5.74) is 1.99. The molecular weight excluding hydrogens is 336 g/mol. The van der Waals surface area contributed by atoms with Gasteiger partial charge >= 0.3 is 0 Å². The molecule has 0 aliphatic carbocycles. The summed E-state index contributed by atoms with van der Waals surface area (Å²) in [6.07, 6.45) is 3.75. The molecule has 0 aromatic heterocycles. The highest BCUT2D eigenvalue weighted by Crippen LogP contribution is 2.39. The van der Waals surface area contributed by atoms with Gasteiger partial charge in [0, 0.05) is 20.6 Å². The van der Waals surface area contributed by atoms with Crippen LogP contribution in [0.15, 0.2) is 21.5 Å². The minimum atomic E-state index is -0.217. The molecule has 1 unspecified atom stereocenters. The van der Waals surface area contributed by atoms with Crippen molar-refractivity contribution in [2.45, 2.75) is 44.0 Å². The van der Waals surface area contributed by atoms with Gasteiger partial charge in [0.05, 0.1) is 0 Å². The summed E-state index contributed by atoms with van der Waals surface area (Å²) < 4.78 is 1.08. The van der Waals surface area contributed by atoms with Crippen LogP contribution in [-0.4, -0.2) is 18.2 Å². The van der Waals surface area contributed by atoms with Gasteiger partial charge in [0.1, 0.15) is 6.04 Å². The second-order valence-corrected chi connectivity index (χ2v) is 6.90. The Labute approximate surface area is 133 Å². The summed E-state index contributed by atoms with van der Waals surface area (Å²) in [5.74, 6) is 1.16. The van der Waals surface area contributed by atoms with Gasteiger partial charge in [0.15, 0.2) is 0 Å². The Bertz CT molecular complexity index is 493. The van der Waals surface area contributed by atoms with Crippen LogP contribution in [0.1, 0.15) is 44.7 Å². The molecule has 5 heteroatoms. The van der Waals surface area contributed by atoms with Crippen LogP contribution >= 0.6 is 27.7 Å². The molecule has 3 nitrogen and oxygen atoms in total. The van der Waals surface area contributed by atoms with Crippen molar-refractivity contribution in [2.24, 2.45) is 0 Å². The molecule has 110 valence electrons. The fourth-order valence-corrected chi connectivity index (χ4v) is 3.98. The largest absolute Gasteiger partial charge is 0.324 e. The van der Waals surface area contributed by atoms with E-state index in [4.69, 9.17) is 0 Å². The molecule has 0 radical (unpaired) electrons. The van der Waals surface area contributed by atoms with Crippen LogP contribution in [-0.2, 0) is 4.79 Å². The fraction of sp³-hybridized carbons (Fsp3) is 0.533. The zero-order valence-electron chi connectivity index (χ0n) is 12.0. The third kappa shape index (κ3) is 3.57. The first-order valence-electron chi connectivity index (χ1n) is 7.17. The summed E-state index contributed by atoms with van der Waals surface area (Å²) in [6, 6.07) is 3.94. The molecule has 2 rings (SSSR count). The zero-order valence-corrected chi connectivity index (χ0v) is 14.4. The van der Waals surface area contributed by atoms with E-state index in [1.165, 1.54) is 24.2 Å². The number of unbranched alkanes of at least 4 members (excludes halogenated alkanes) is 2. The van der Waals surface area contributed by atoms with Crippen LogP contribution in [0.5, 0.6) is 0 Å². The van der Waals surface area contributed by atoms with Crippen LogP contribution < -0.4 is 10.6 Å². The number of fused-ring (bicyclic) bond motifs is 1. The molecule has 1 heterocycles. The number of carbonyl (C=O) groups is 1. The first-order chi connectivity index (χ1) is 9.67. The van der Waals surface area contributed by atoms with E-state index in [9.17, 15) is 4.79 Å². The Morgan fingerprint density at radius 3 is 2.85 bits per heavy atom. The minimum Gasteiger partial charge on any atom is -0.324 e. The Morgan fingerprint density at radius 2 is 2.15 bits per heavy atom. The molecule has 1 aliphatic heterocycles. The van der Waals surface area contributed by atoms with Crippen LogP contribution in [0.3, 0.4) is 0 Å². The van der Waals surface area contributed by atoms with E-state index in [0.29, 0.717) is 0 Å². The number of nitrogens with one attached hydrogen (secondary N) is 2. The number of anilines is 1. The molecule has 0 saturated carbocycles. The van der Waals surface area contributed by atoms with Crippen molar-refractivity contribution in [3.63, 3.8) is 0 Å². The van der Waals surface area contributed by atoms with Crippen LogP contribution in [0, 0.1) is 0 Å². The summed E-state index contributed by atoms with van der Waals surface area (Å²) >= 11 is 5.48. The highest BCUT2D eigenvalue weighted by Gasteiger charge is 2.30. The van der Waals surface area contributed by atoms with Crippen molar-refractivity contribution >= 4 is 39.3 Å². The van der Waals surface area contributed by atoms with Gasteiger partial charge in [0.2, 0.25) is 5.91 Å². The molecule has 0 fully saturated rings. The van der Waals surface area contributed by atoms with Crippen molar-refractivity contribution in [3.05, 3.63) is 22.2 Å². The predicted molar refractivity (Wildman–Crippen MR) is 89.4 cm³/mol. The average molecular weight is 357 g/mol. The van der Waals surface area contributed by atoms with Crippen molar-refractivity contribution < 1.29 is 4.79 Å². The van der Waals surface area contributed by atoms with Gasteiger partial charge in [-0.05, 0) is 46.8 Å². The Kier molecular flexibility index (Phi) is 5.93. The highest BCUT2D eigenvalue weighted by atomic mass is 79.9. The van der Waals surface area contributed by atoms with Crippen molar-refractivity contribution in [3.8, 4) is 0 Å². The standard InChI is InChI=1S/C15H21BrN2OS/c1-3-5-6-7-20-13-9-12-10(8-11(13)16)14(17-4-2)15(19)18-12/h8-9,14,17H,3-7H2,1-2H3,(H,18,19). The smallest absolute Gasteiger partial charge is 0.246 e. The minimum absolute atomic E-state index is 0.0434. The number of hydrogen-bond donors (Lipinski definition) is 2. The van der Waals surface area contributed by atoms with Gasteiger partial charge < -0.3 is 10.6 Å². The number of thioether (sulfide) groups is 1. The number of halogens is 1. The van der Waals surface area contributed by atoms with Crippen molar-refractivity contribution in [1.82, 2.24) is 5.32 Å². The van der Waals surface area contributed by atoms with Crippen molar-refractivity contribution in [1.29, 1.82) is 0 Å². The Balaban J connectivity index is 2.11. The Morgan fingerprint density at radius 1 is 1.35 bits per heavy atom. The van der Waals surface area contributed by atoms with Crippen LogP contribution in [0.4, 0.5) is 5.69 Å². The maximum Gasteiger partial charge on any atom is 0.246 e. The first-order valence-corrected chi connectivity index (χ1v) is 8.95. The van der Waals surface area contributed by atoms with E-state index in [0.717, 1.165) is 28.0 Å². The van der Waals surface area contributed by atoms with E-state index in [2.05, 4.69) is 45.6 Å². The first kappa shape index (κ1) is 15.9. The van der Waals surface area contributed by atoms with E-state index in [-0.39, 0.29) is 11.9 Å². The topological polar surface area (TPSA) is 41.1 Å². The van der Waals surface area contributed by atoms with Crippen LogP contribution in [0.2, 0.25) is 0 Å². The van der Waals surface area contributed by atoms with Gasteiger partial charge in [0.25, 0.3) is 0 Å². The van der Waals surface area contributed by atoms with Gasteiger partial charge in [-0.15, -0.1) is 11.8 Å². The molecule has 1 aromatic carbocycles. The molecule has 1 aliphatic rings. The maximum absolute atomic E-state index is 11.9. The van der Waals surface area contributed by atoms with E-state index >= 15 is 0 Å². The second-order valence-electron chi connectivity index (χ2n) is 4.91. The second kappa shape index (κ2) is 7.48. The number of carbonyl (C=O) groups excluding carboxylic acids is 1.